The van der Waals surface area contributed by atoms with Gasteiger partial charge in [0.2, 0.25) is 0 Å². The van der Waals surface area contributed by atoms with Crippen molar-refractivity contribution in [2.24, 2.45) is 5.92 Å². The van der Waals surface area contributed by atoms with Gasteiger partial charge in [0.15, 0.2) is 5.11 Å². The predicted octanol–water partition coefficient (Wildman–Crippen LogP) is 4.00. The van der Waals surface area contributed by atoms with Crippen molar-refractivity contribution in [2.45, 2.75) is 37.6 Å². The fraction of sp³-hybridized carbons (Fsp3) is 0.529. The minimum Gasteiger partial charge on any atom is -0.491 e. The lowest BCUT2D eigenvalue weighted by Crippen LogP contribution is -2.38. The number of fused-ring (bicyclic) bond motifs is 1. The number of hydrogen-bond acceptors (Lipinski definition) is 3. The van der Waals surface area contributed by atoms with Crippen molar-refractivity contribution < 1.29 is 22.7 Å². The summed E-state index contributed by atoms with van der Waals surface area (Å²) in [5.74, 6) is -4.52. The molecule has 4 nitrogen and oxygen atoms in total. The molecule has 1 aliphatic carbocycles. The average Bonchev–Trinajstić information content (AvgIpc) is 3.13. The average molecular weight is 405 g/mol. The van der Waals surface area contributed by atoms with Crippen LogP contribution < -0.4 is 9.64 Å². The summed E-state index contributed by atoms with van der Waals surface area (Å²) in [6.45, 7) is 0.437. The fourth-order valence-corrected chi connectivity index (χ4v) is 4.06. The third kappa shape index (κ3) is 2.93. The molecule has 0 aromatic heterocycles. The number of carbonyl (C=O) groups is 1. The number of halogens is 4. The normalized spacial score (nSPS) is 26.9. The Kier molecular flexibility index (Phi) is 4.30. The molecule has 0 spiro atoms. The largest absolute Gasteiger partial charge is 0.491 e. The van der Waals surface area contributed by atoms with Crippen LogP contribution in [0.4, 0.5) is 18.9 Å². The van der Waals surface area contributed by atoms with Crippen LogP contribution in [0.25, 0.3) is 0 Å². The molecule has 2 heterocycles. The summed E-state index contributed by atoms with van der Waals surface area (Å²) in [4.78, 5) is 15.7. The second-order valence-electron chi connectivity index (χ2n) is 6.87. The van der Waals surface area contributed by atoms with E-state index < -0.39 is 17.7 Å². The Labute approximate surface area is 158 Å². The van der Waals surface area contributed by atoms with Crippen LogP contribution in [0, 0.1) is 11.7 Å². The van der Waals surface area contributed by atoms with Gasteiger partial charge in [0.25, 0.3) is 11.8 Å². The molecule has 1 amide bonds. The van der Waals surface area contributed by atoms with Gasteiger partial charge in [-0.1, -0.05) is 11.6 Å². The molecule has 3 aliphatic rings. The zero-order valence-corrected chi connectivity index (χ0v) is 15.3. The maximum absolute atomic E-state index is 14.5. The van der Waals surface area contributed by atoms with Crippen LogP contribution in [0.2, 0.25) is 5.02 Å². The van der Waals surface area contributed by atoms with Gasteiger partial charge in [0.05, 0.1) is 23.2 Å². The van der Waals surface area contributed by atoms with Crippen molar-refractivity contribution in [3.05, 3.63) is 23.0 Å². The Morgan fingerprint density at radius 2 is 2.08 bits per heavy atom. The van der Waals surface area contributed by atoms with E-state index >= 15 is 0 Å². The van der Waals surface area contributed by atoms with E-state index in [1.165, 1.54) is 6.07 Å². The second kappa shape index (κ2) is 6.27. The maximum atomic E-state index is 14.5. The van der Waals surface area contributed by atoms with E-state index in [4.69, 9.17) is 28.6 Å². The molecule has 3 fully saturated rings. The minimum atomic E-state index is -2.72. The second-order valence-corrected chi connectivity index (χ2v) is 7.64. The van der Waals surface area contributed by atoms with Gasteiger partial charge >= 0.3 is 0 Å². The van der Waals surface area contributed by atoms with E-state index in [1.807, 2.05) is 0 Å². The van der Waals surface area contributed by atoms with Gasteiger partial charge in [0.1, 0.15) is 17.6 Å². The van der Waals surface area contributed by atoms with E-state index in [0.717, 1.165) is 23.8 Å². The van der Waals surface area contributed by atoms with E-state index in [1.54, 1.807) is 4.90 Å². The molecule has 0 N–H and O–H groups in total. The third-order valence-electron chi connectivity index (χ3n) is 5.08. The van der Waals surface area contributed by atoms with Crippen LogP contribution in [-0.2, 0) is 4.79 Å². The number of amides is 1. The van der Waals surface area contributed by atoms with Gasteiger partial charge < -0.3 is 9.64 Å². The number of anilines is 1. The summed E-state index contributed by atoms with van der Waals surface area (Å²) < 4.78 is 45.9. The first kappa shape index (κ1) is 17.9. The summed E-state index contributed by atoms with van der Waals surface area (Å²) in [5, 5.41) is 0.214. The molecule has 140 valence electrons. The van der Waals surface area contributed by atoms with Gasteiger partial charge in [-0.3, -0.25) is 9.69 Å². The Hall–Kier alpha value is -1.54. The number of piperidine rings is 1. The van der Waals surface area contributed by atoms with Crippen LogP contribution in [0.1, 0.15) is 25.7 Å². The predicted molar refractivity (Wildman–Crippen MR) is 94.4 cm³/mol. The van der Waals surface area contributed by atoms with Crippen LogP contribution in [0.5, 0.6) is 5.75 Å². The van der Waals surface area contributed by atoms with Crippen LogP contribution in [-0.4, -0.2) is 41.0 Å². The molecule has 0 bridgehead atoms. The monoisotopic (exact) mass is 404 g/mol. The molecular weight excluding hydrogens is 389 g/mol. The summed E-state index contributed by atoms with van der Waals surface area (Å²) >= 11 is 11.3. The first-order valence-electron chi connectivity index (χ1n) is 8.44. The van der Waals surface area contributed by atoms with Crippen molar-refractivity contribution in [1.29, 1.82) is 0 Å². The fourth-order valence-electron chi connectivity index (χ4n) is 3.45. The Morgan fingerprint density at radius 1 is 1.35 bits per heavy atom. The molecular formula is C17H16ClF3N2O2S. The number of thiocarbonyl (C=S) groups is 1. The molecule has 2 saturated heterocycles. The smallest absolute Gasteiger partial charge is 0.256 e. The van der Waals surface area contributed by atoms with Crippen LogP contribution in [0.15, 0.2) is 12.1 Å². The molecule has 2 unspecified atom stereocenters. The molecule has 4 rings (SSSR count). The highest BCUT2D eigenvalue weighted by Crippen LogP contribution is 2.49. The van der Waals surface area contributed by atoms with Gasteiger partial charge in [-0.2, -0.15) is 0 Å². The minimum absolute atomic E-state index is 0.0366. The zero-order chi connectivity index (χ0) is 18.6. The molecule has 1 saturated carbocycles. The van der Waals surface area contributed by atoms with E-state index in [0.29, 0.717) is 13.0 Å². The first-order valence-corrected chi connectivity index (χ1v) is 9.22. The summed E-state index contributed by atoms with van der Waals surface area (Å²) in [5.41, 5.74) is -0.0589. The summed E-state index contributed by atoms with van der Waals surface area (Å²) in [6.07, 6.45) is 2.27. The zero-order valence-electron chi connectivity index (χ0n) is 13.7. The quantitative estimate of drug-likeness (QED) is 0.710. The molecule has 1 aromatic rings. The van der Waals surface area contributed by atoms with Crippen LogP contribution in [0.3, 0.4) is 0 Å². The highest BCUT2D eigenvalue weighted by atomic mass is 35.5. The Bertz CT molecular complexity index is 768. The van der Waals surface area contributed by atoms with Crippen molar-refractivity contribution in [3.63, 3.8) is 0 Å². The lowest BCUT2D eigenvalue weighted by molar-refractivity contribution is -0.120. The van der Waals surface area contributed by atoms with Crippen LogP contribution >= 0.6 is 23.8 Å². The van der Waals surface area contributed by atoms with E-state index in [-0.39, 0.29) is 46.5 Å². The van der Waals surface area contributed by atoms with Crippen molar-refractivity contribution in [1.82, 2.24) is 4.90 Å². The van der Waals surface area contributed by atoms with Gasteiger partial charge in [-0.25, -0.2) is 13.2 Å². The van der Waals surface area contributed by atoms with E-state index in [2.05, 4.69) is 0 Å². The SMILES string of the molecule is O=C1C2CCCCN2C(=S)N1c1cc(OCC2CC2(F)F)c(Cl)cc1F. The molecule has 2 atom stereocenters. The number of alkyl halides is 2. The molecule has 26 heavy (non-hydrogen) atoms. The molecule has 9 heteroatoms. The van der Waals surface area contributed by atoms with Crippen molar-refractivity contribution >= 4 is 40.5 Å². The highest BCUT2D eigenvalue weighted by molar-refractivity contribution is 7.80. The number of hydrogen-bond donors (Lipinski definition) is 0. The number of carbonyl (C=O) groups excluding carboxylic acids is 1. The topological polar surface area (TPSA) is 32.8 Å². The first-order chi connectivity index (χ1) is 12.3. The number of benzene rings is 1. The highest BCUT2D eigenvalue weighted by Gasteiger charge is 2.57. The van der Waals surface area contributed by atoms with Gasteiger partial charge in [0, 0.05) is 19.0 Å². The lowest BCUT2D eigenvalue weighted by Gasteiger charge is -2.27. The third-order valence-corrected chi connectivity index (χ3v) is 5.80. The molecule has 2 aliphatic heterocycles. The maximum Gasteiger partial charge on any atom is 0.256 e. The number of rotatable bonds is 4. The number of ether oxygens (including phenoxy) is 1. The summed E-state index contributed by atoms with van der Waals surface area (Å²) in [6, 6.07) is 1.91. The molecule has 0 radical (unpaired) electrons. The Morgan fingerprint density at radius 3 is 2.73 bits per heavy atom. The Balaban J connectivity index is 1.60. The number of nitrogens with zero attached hydrogens (tertiary/aromatic N) is 2. The van der Waals surface area contributed by atoms with Crippen molar-refractivity contribution in [2.75, 3.05) is 18.1 Å². The van der Waals surface area contributed by atoms with Gasteiger partial charge in [-0.05, 0) is 37.5 Å². The van der Waals surface area contributed by atoms with Gasteiger partial charge in [-0.15, -0.1) is 0 Å². The summed E-state index contributed by atoms with van der Waals surface area (Å²) in [7, 11) is 0. The lowest BCUT2D eigenvalue weighted by atomic mass is 10.0. The molecule has 1 aromatic carbocycles. The van der Waals surface area contributed by atoms with Crippen molar-refractivity contribution in [3.8, 4) is 5.75 Å². The van der Waals surface area contributed by atoms with E-state index in [9.17, 15) is 18.0 Å². The standard InChI is InChI=1S/C17H16ClF3N2O2S/c18-10-5-11(19)13(6-14(10)25-8-9-7-17(9,20)21)23-15(24)12-3-1-2-4-22(12)16(23)26/h5-6,9,12H,1-4,7-8H2.